The molecule has 0 spiro atoms. The van der Waals surface area contributed by atoms with Crippen LogP contribution < -0.4 is 10.1 Å². The number of carbonyl (C=O) groups is 1. The lowest BCUT2D eigenvalue weighted by Gasteiger charge is -2.08. The molecule has 1 aromatic heterocycles. The van der Waals surface area contributed by atoms with Gasteiger partial charge >= 0.3 is 0 Å². The number of thiazole rings is 1. The summed E-state index contributed by atoms with van der Waals surface area (Å²) >= 11 is 1.43. The summed E-state index contributed by atoms with van der Waals surface area (Å²) in [5.74, 6) is 0.654. The van der Waals surface area contributed by atoms with Gasteiger partial charge in [0.1, 0.15) is 4.88 Å². The number of nitrogens with zero attached hydrogens (tertiary/aromatic N) is 1. The number of benzene rings is 1. The molecule has 5 nitrogen and oxygen atoms in total. The Kier molecular flexibility index (Phi) is 5.03. The van der Waals surface area contributed by atoms with E-state index >= 15 is 0 Å². The molecule has 0 bridgehead atoms. The Labute approximate surface area is 134 Å². The van der Waals surface area contributed by atoms with Crippen LogP contribution in [0.3, 0.4) is 0 Å². The molecular formula is C16H20N2O3S. The summed E-state index contributed by atoms with van der Waals surface area (Å²) < 4.78 is 5.06. The topological polar surface area (TPSA) is 71.5 Å². The summed E-state index contributed by atoms with van der Waals surface area (Å²) in [5, 5.41) is 13.4. The van der Waals surface area contributed by atoms with Crippen molar-refractivity contribution in [2.24, 2.45) is 0 Å². The van der Waals surface area contributed by atoms with E-state index in [4.69, 9.17) is 4.74 Å². The predicted molar refractivity (Wildman–Crippen MR) is 86.8 cm³/mol. The molecule has 0 saturated carbocycles. The Morgan fingerprint density at radius 2 is 2.18 bits per heavy atom. The second-order valence-electron chi connectivity index (χ2n) is 5.31. The molecule has 1 aromatic carbocycles. The van der Waals surface area contributed by atoms with Gasteiger partial charge in [0, 0.05) is 12.5 Å². The highest BCUT2D eigenvalue weighted by molar-refractivity contribution is 7.13. The van der Waals surface area contributed by atoms with Crippen molar-refractivity contribution in [1.82, 2.24) is 10.3 Å². The number of methoxy groups -OCH3 is 1. The second kappa shape index (κ2) is 6.79. The molecule has 0 aliphatic heterocycles. The fourth-order valence-corrected chi connectivity index (χ4v) is 2.96. The average Bonchev–Trinajstić information content (AvgIpc) is 2.88. The third-order valence-electron chi connectivity index (χ3n) is 3.21. The van der Waals surface area contributed by atoms with E-state index in [1.807, 2.05) is 6.92 Å². The number of rotatable bonds is 5. The second-order valence-corrected chi connectivity index (χ2v) is 6.34. The molecule has 6 heteroatoms. The number of hydrogen-bond acceptors (Lipinski definition) is 5. The number of ether oxygens (including phenoxy) is 1. The molecule has 0 unspecified atom stereocenters. The fraction of sp³-hybridized carbons (Fsp3) is 0.375. The molecule has 2 N–H and O–H groups in total. The normalized spacial score (nSPS) is 10.8. The van der Waals surface area contributed by atoms with Crippen LogP contribution in [0.2, 0.25) is 0 Å². The van der Waals surface area contributed by atoms with E-state index in [0.717, 1.165) is 16.3 Å². The highest BCUT2D eigenvalue weighted by atomic mass is 32.1. The molecule has 0 fully saturated rings. The number of carbonyl (C=O) groups excluding carboxylic acids is 1. The van der Waals surface area contributed by atoms with Crippen LogP contribution in [-0.2, 0) is 6.54 Å². The van der Waals surface area contributed by atoms with Gasteiger partial charge in [-0.25, -0.2) is 4.98 Å². The van der Waals surface area contributed by atoms with Crippen LogP contribution >= 0.6 is 11.3 Å². The minimum atomic E-state index is -0.131. The fourth-order valence-electron chi connectivity index (χ4n) is 1.97. The lowest BCUT2D eigenvalue weighted by molar-refractivity contribution is 0.0954. The molecule has 0 atom stereocenters. The van der Waals surface area contributed by atoms with E-state index < -0.39 is 0 Å². The molecule has 2 aromatic rings. The number of hydrogen-bond donors (Lipinski definition) is 2. The van der Waals surface area contributed by atoms with Crippen LogP contribution in [0, 0.1) is 6.92 Å². The Bertz CT molecular complexity index is 680. The number of nitrogens with one attached hydrogen (secondary N) is 1. The zero-order chi connectivity index (χ0) is 16.3. The van der Waals surface area contributed by atoms with E-state index in [-0.39, 0.29) is 11.7 Å². The Morgan fingerprint density at radius 1 is 1.45 bits per heavy atom. The third kappa shape index (κ3) is 3.57. The summed E-state index contributed by atoms with van der Waals surface area (Å²) in [6.45, 7) is 6.33. The van der Waals surface area contributed by atoms with Crippen molar-refractivity contribution in [2.75, 3.05) is 7.11 Å². The van der Waals surface area contributed by atoms with E-state index in [1.54, 1.807) is 18.2 Å². The number of phenols is 1. The van der Waals surface area contributed by atoms with Gasteiger partial charge in [-0.15, -0.1) is 11.3 Å². The first-order valence-corrected chi connectivity index (χ1v) is 7.85. The van der Waals surface area contributed by atoms with Gasteiger partial charge in [0.2, 0.25) is 0 Å². The molecule has 1 amide bonds. The van der Waals surface area contributed by atoms with Crippen molar-refractivity contribution >= 4 is 17.2 Å². The molecule has 118 valence electrons. The first-order chi connectivity index (χ1) is 10.4. The summed E-state index contributed by atoms with van der Waals surface area (Å²) in [4.78, 5) is 17.4. The van der Waals surface area contributed by atoms with Crippen molar-refractivity contribution in [3.63, 3.8) is 0 Å². The van der Waals surface area contributed by atoms with Gasteiger partial charge in [0.05, 0.1) is 17.8 Å². The maximum absolute atomic E-state index is 12.3. The van der Waals surface area contributed by atoms with E-state index in [9.17, 15) is 9.90 Å². The minimum absolute atomic E-state index is 0.0810. The summed E-state index contributed by atoms with van der Waals surface area (Å²) in [7, 11) is 1.49. The van der Waals surface area contributed by atoms with Gasteiger partial charge in [0.25, 0.3) is 5.91 Å². The largest absolute Gasteiger partial charge is 0.504 e. The first kappa shape index (κ1) is 16.3. The summed E-state index contributed by atoms with van der Waals surface area (Å²) in [6, 6.07) is 5.00. The zero-order valence-corrected chi connectivity index (χ0v) is 14.0. The third-order valence-corrected chi connectivity index (χ3v) is 4.67. The van der Waals surface area contributed by atoms with E-state index in [1.165, 1.54) is 18.4 Å². The van der Waals surface area contributed by atoms with E-state index in [2.05, 4.69) is 24.1 Å². The van der Waals surface area contributed by atoms with Gasteiger partial charge in [-0.1, -0.05) is 19.9 Å². The Hall–Kier alpha value is -2.08. The van der Waals surface area contributed by atoms with Gasteiger partial charge in [-0.3, -0.25) is 4.79 Å². The Balaban J connectivity index is 2.07. The van der Waals surface area contributed by atoms with Crippen LogP contribution in [-0.4, -0.2) is 23.1 Å². The monoisotopic (exact) mass is 320 g/mol. The quantitative estimate of drug-likeness (QED) is 0.887. The molecule has 2 rings (SSSR count). The molecule has 0 aliphatic carbocycles. The lowest BCUT2D eigenvalue weighted by Crippen LogP contribution is -2.22. The maximum atomic E-state index is 12.3. The molecular weight excluding hydrogens is 300 g/mol. The van der Waals surface area contributed by atoms with Crippen LogP contribution in [0.5, 0.6) is 11.5 Å². The van der Waals surface area contributed by atoms with Gasteiger partial charge in [0.15, 0.2) is 11.5 Å². The van der Waals surface area contributed by atoms with Crippen molar-refractivity contribution in [3.05, 3.63) is 39.3 Å². The SMILES string of the molecule is COc1cc(CNC(=O)c2sc(C(C)C)nc2C)ccc1O. The van der Waals surface area contributed by atoms with Gasteiger partial charge in [-0.2, -0.15) is 0 Å². The average molecular weight is 320 g/mol. The number of amides is 1. The van der Waals surface area contributed by atoms with Gasteiger partial charge in [-0.05, 0) is 24.6 Å². The van der Waals surface area contributed by atoms with E-state index in [0.29, 0.717) is 23.1 Å². The first-order valence-electron chi connectivity index (χ1n) is 7.03. The smallest absolute Gasteiger partial charge is 0.263 e. The maximum Gasteiger partial charge on any atom is 0.263 e. The molecule has 0 saturated heterocycles. The van der Waals surface area contributed by atoms with Crippen molar-refractivity contribution in [1.29, 1.82) is 0 Å². The van der Waals surface area contributed by atoms with Crippen molar-refractivity contribution in [2.45, 2.75) is 33.2 Å². The van der Waals surface area contributed by atoms with Crippen LogP contribution in [0.15, 0.2) is 18.2 Å². The number of aromatic hydroxyl groups is 1. The molecule has 0 aliphatic rings. The Morgan fingerprint density at radius 3 is 2.77 bits per heavy atom. The molecule has 1 heterocycles. The van der Waals surface area contributed by atoms with Crippen LogP contribution in [0.25, 0.3) is 0 Å². The number of phenolic OH excluding ortho intramolecular Hbond substituents is 1. The minimum Gasteiger partial charge on any atom is -0.504 e. The number of aryl methyl sites for hydroxylation is 1. The summed E-state index contributed by atoms with van der Waals surface area (Å²) in [6.07, 6.45) is 0. The van der Waals surface area contributed by atoms with Gasteiger partial charge < -0.3 is 15.2 Å². The van der Waals surface area contributed by atoms with Crippen molar-refractivity contribution < 1.29 is 14.6 Å². The highest BCUT2D eigenvalue weighted by Gasteiger charge is 2.16. The number of aromatic nitrogens is 1. The lowest BCUT2D eigenvalue weighted by atomic mass is 10.2. The highest BCUT2D eigenvalue weighted by Crippen LogP contribution is 2.27. The van der Waals surface area contributed by atoms with Crippen molar-refractivity contribution in [3.8, 4) is 11.5 Å². The standard InChI is InChI=1S/C16H20N2O3S/c1-9(2)16-18-10(3)14(22-16)15(20)17-8-11-5-6-12(19)13(7-11)21-4/h5-7,9,19H,8H2,1-4H3,(H,17,20). The molecule has 0 radical (unpaired) electrons. The van der Waals surface area contributed by atoms with Crippen LogP contribution in [0.4, 0.5) is 0 Å². The van der Waals surface area contributed by atoms with Crippen LogP contribution in [0.1, 0.15) is 45.7 Å². The predicted octanol–water partition coefficient (Wildman–Crippen LogP) is 3.22. The molecule has 22 heavy (non-hydrogen) atoms. The zero-order valence-electron chi connectivity index (χ0n) is 13.1. The summed E-state index contributed by atoms with van der Waals surface area (Å²) in [5.41, 5.74) is 1.61.